The van der Waals surface area contributed by atoms with Gasteiger partial charge in [-0.15, -0.1) is 11.3 Å². The Balaban J connectivity index is 1.36. The molecule has 0 saturated carbocycles. The predicted octanol–water partition coefficient (Wildman–Crippen LogP) is 4.09. The van der Waals surface area contributed by atoms with Crippen molar-refractivity contribution < 1.29 is 9.53 Å². The summed E-state index contributed by atoms with van der Waals surface area (Å²) in [5, 5.41) is 1.21. The quantitative estimate of drug-likeness (QED) is 0.763. The zero-order valence-electron chi connectivity index (χ0n) is 14.3. The van der Waals surface area contributed by atoms with Gasteiger partial charge in [-0.2, -0.15) is 0 Å². The number of fused-ring (bicyclic) bond motifs is 1. The van der Waals surface area contributed by atoms with Crippen LogP contribution in [0, 0.1) is 0 Å². The predicted molar refractivity (Wildman–Crippen MR) is 105 cm³/mol. The van der Waals surface area contributed by atoms with E-state index in [1.54, 1.807) is 17.4 Å². The van der Waals surface area contributed by atoms with Crippen LogP contribution in [0.15, 0.2) is 24.3 Å². The number of hydrogen-bond donors (Lipinski definition) is 0. The van der Waals surface area contributed by atoms with Crippen molar-refractivity contribution in [1.29, 1.82) is 0 Å². The van der Waals surface area contributed by atoms with Crippen LogP contribution in [-0.4, -0.2) is 48.5 Å². The highest BCUT2D eigenvalue weighted by atomic mass is 35.5. The standard InChI is InChI=1S/C19H20Cl2N2O2S/c20-15-3-1-2-13(18(15)21)11-22-5-7-23(8-6-22)19(24)17-10-14-12-25-9-4-16(14)26-17/h1-3,10H,4-9,11-12H2. The highest BCUT2D eigenvalue weighted by molar-refractivity contribution is 7.14. The van der Waals surface area contributed by atoms with E-state index in [0.29, 0.717) is 16.7 Å². The number of carbonyl (C=O) groups is 1. The third-order valence-electron chi connectivity index (χ3n) is 4.92. The van der Waals surface area contributed by atoms with Crippen molar-refractivity contribution in [3.63, 3.8) is 0 Å². The van der Waals surface area contributed by atoms with E-state index in [0.717, 1.165) is 56.2 Å². The Kier molecular flexibility index (Phi) is 5.53. The van der Waals surface area contributed by atoms with Crippen LogP contribution in [0.4, 0.5) is 0 Å². The molecule has 1 fully saturated rings. The Bertz CT molecular complexity index is 792. The summed E-state index contributed by atoms with van der Waals surface area (Å²) in [4.78, 5) is 19.2. The van der Waals surface area contributed by atoms with Crippen molar-refractivity contribution in [2.45, 2.75) is 19.6 Å². The van der Waals surface area contributed by atoms with Crippen molar-refractivity contribution in [3.8, 4) is 0 Å². The maximum Gasteiger partial charge on any atom is 0.264 e. The second-order valence-electron chi connectivity index (χ2n) is 6.64. The van der Waals surface area contributed by atoms with Crippen molar-refractivity contribution in [2.24, 2.45) is 0 Å². The lowest BCUT2D eigenvalue weighted by atomic mass is 10.1. The summed E-state index contributed by atoms with van der Waals surface area (Å²) in [6, 6.07) is 7.74. The van der Waals surface area contributed by atoms with Gasteiger partial charge in [-0.3, -0.25) is 9.69 Å². The first-order chi connectivity index (χ1) is 12.6. The van der Waals surface area contributed by atoms with E-state index < -0.39 is 0 Å². The molecule has 1 amide bonds. The largest absolute Gasteiger partial charge is 0.376 e. The molecular formula is C19H20Cl2N2O2S. The van der Waals surface area contributed by atoms with E-state index in [9.17, 15) is 4.79 Å². The fraction of sp³-hybridized carbons (Fsp3) is 0.421. The molecule has 0 aliphatic carbocycles. The van der Waals surface area contributed by atoms with Crippen molar-refractivity contribution in [3.05, 3.63) is 55.2 Å². The molecule has 7 heteroatoms. The van der Waals surface area contributed by atoms with E-state index in [4.69, 9.17) is 27.9 Å². The molecule has 138 valence electrons. The van der Waals surface area contributed by atoms with E-state index >= 15 is 0 Å². The number of benzene rings is 1. The first kappa shape index (κ1) is 18.3. The minimum Gasteiger partial charge on any atom is -0.376 e. The molecule has 0 N–H and O–H groups in total. The van der Waals surface area contributed by atoms with Crippen LogP contribution in [-0.2, 0) is 24.3 Å². The molecule has 0 bridgehead atoms. The summed E-state index contributed by atoms with van der Waals surface area (Å²) >= 11 is 14.0. The fourth-order valence-electron chi connectivity index (χ4n) is 3.43. The third kappa shape index (κ3) is 3.78. The average Bonchev–Trinajstić information content (AvgIpc) is 3.10. The number of thiophene rings is 1. The second kappa shape index (κ2) is 7.87. The molecule has 2 aliphatic rings. The van der Waals surface area contributed by atoms with Crippen LogP contribution >= 0.6 is 34.5 Å². The smallest absolute Gasteiger partial charge is 0.264 e. The van der Waals surface area contributed by atoms with Gasteiger partial charge in [0, 0.05) is 44.0 Å². The van der Waals surface area contributed by atoms with Gasteiger partial charge in [-0.1, -0.05) is 35.3 Å². The van der Waals surface area contributed by atoms with Crippen LogP contribution in [0.5, 0.6) is 0 Å². The lowest BCUT2D eigenvalue weighted by Crippen LogP contribution is -2.48. The minimum atomic E-state index is 0.143. The number of ether oxygens (including phenoxy) is 1. The maximum atomic E-state index is 12.8. The molecule has 0 spiro atoms. The summed E-state index contributed by atoms with van der Waals surface area (Å²) in [5.41, 5.74) is 2.21. The minimum absolute atomic E-state index is 0.143. The SMILES string of the molecule is O=C(c1cc2c(s1)CCOC2)N1CCN(Cc2cccc(Cl)c2Cl)CC1. The van der Waals surface area contributed by atoms with E-state index in [1.165, 1.54) is 10.4 Å². The van der Waals surface area contributed by atoms with Crippen LogP contribution in [0.2, 0.25) is 10.0 Å². The van der Waals surface area contributed by atoms with E-state index in [-0.39, 0.29) is 5.91 Å². The Morgan fingerprint density at radius 2 is 2.00 bits per heavy atom. The molecule has 3 heterocycles. The lowest BCUT2D eigenvalue weighted by molar-refractivity contribution is 0.0633. The normalized spacial score (nSPS) is 18.0. The molecule has 0 radical (unpaired) electrons. The molecule has 4 rings (SSSR count). The summed E-state index contributed by atoms with van der Waals surface area (Å²) < 4.78 is 5.48. The molecular weight excluding hydrogens is 391 g/mol. The van der Waals surface area contributed by atoms with Gasteiger partial charge in [0.25, 0.3) is 5.91 Å². The maximum absolute atomic E-state index is 12.8. The van der Waals surface area contributed by atoms with Gasteiger partial charge >= 0.3 is 0 Å². The van der Waals surface area contributed by atoms with Gasteiger partial charge in [0.1, 0.15) is 0 Å². The summed E-state index contributed by atoms with van der Waals surface area (Å²) in [6.45, 7) is 5.28. The Hall–Kier alpha value is -1.11. The number of hydrogen-bond acceptors (Lipinski definition) is 4. The first-order valence-electron chi connectivity index (χ1n) is 8.75. The summed E-state index contributed by atoms with van der Waals surface area (Å²) in [5.74, 6) is 0.143. The lowest BCUT2D eigenvalue weighted by Gasteiger charge is -2.34. The van der Waals surface area contributed by atoms with Gasteiger partial charge in [0.2, 0.25) is 0 Å². The molecule has 4 nitrogen and oxygen atoms in total. The highest BCUT2D eigenvalue weighted by Gasteiger charge is 2.25. The Morgan fingerprint density at radius 1 is 1.19 bits per heavy atom. The fourth-order valence-corrected chi connectivity index (χ4v) is 4.93. The zero-order chi connectivity index (χ0) is 18.1. The molecule has 2 aromatic rings. The van der Waals surface area contributed by atoms with Crippen LogP contribution in [0.25, 0.3) is 0 Å². The summed E-state index contributed by atoms with van der Waals surface area (Å²) in [6.07, 6.45) is 0.918. The average molecular weight is 411 g/mol. The molecule has 1 saturated heterocycles. The van der Waals surface area contributed by atoms with Gasteiger partial charge < -0.3 is 9.64 Å². The Morgan fingerprint density at radius 3 is 2.77 bits per heavy atom. The number of rotatable bonds is 3. The van der Waals surface area contributed by atoms with Gasteiger partial charge in [-0.25, -0.2) is 0 Å². The van der Waals surface area contributed by atoms with Crippen LogP contribution in [0.3, 0.4) is 0 Å². The highest BCUT2D eigenvalue weighted by Crippen LogP contribution is 2.29. The van der Waals surface area contributed by atoms with Crippen LogP contribution < -0.4 is 0 Å². The zero-order valence-corrected chi connectivity index (χ0v) is 16.7. The molecule has 0 atom stereocenters. The molecule has 26 heavy (non-hydrogen) atoms. The monoisotopic (exact) mass is 410 g/mol. The molecule has 0 unspecified atom stereocenters. The second-order valence-corrected chi connectivity index (χ2v) is 8.56. The molecule has 2 aliphatic heterocycles. The van der Waals surface area contributed by atoms with Crippen molar-refractivity contribution >= 4 is 40.4 Å². The van der Waals surface area contributed by atoms with Crippen molar-refractivity contribution in [2.75, 3.05) is 32.8 Å². The number of piperazine rings is 1. The van der Waals surface area contributed by atoms with Gasteiger partial charge in [-0.05, 0) is 23.3 Å². The van der Waals surface area contributed by atoms with Gasteiger partial charge in [0.05, 0.1) is 28.1 Å². The first-order valence-corrected chi connectivity index (χ1v) is 10.3. The number of carbonyl (C=O) groups excluding carboxylic acids is 1. The number of amides is 1. The number of halogens is 2. The topological polar surface area (TPSA) is 32.8 Å². The molecule has 1 aromatic carbocycles. The summed E-state index contributed by atoms with van der Waals surface area (Å²) in [7, 11) is 0. The van der Waals surface area contributed by atoms with Gasteiger partial charge in [0.15, 0.2) is 0 Å². The third-order valence-corrected chi connectivity index (χ3v) is 7.01. The Labute approximate surface area is 167 Å². The van der Waals surface area contributed by atoms with Crippen LogP contribution in [0.1, 0.15) is 25.7 Å². The van der Waals surface area contributed by atoms with E-state index in [1.807, 2.05) is 23.1 Å². The van der Waals surface area contributed by atoms with Crippen molar-refractivity contribution in [1.82, 2.24) is 9.80 Å². The number of nitrogens with zero attached hydrogens (tertiary/aromatic N) is 2. The van der Waals surface area contributed by atoms with E-state index in [2.05, 4.69) is 4.90 Å². The molecule has 1 aromatic heterocycles.